The van der Waals surface area contributed by atoms with Crippen LogP contribution in [0.2, 0.25) is 0 Å². The van der Waals surface area contributed by atoms with Gasteiger partial charge in [-0.25, -0.2) is 0 Å². The maximum Gasteiger partial charge on any atom is 0.400 e. The van der Waals surface area contributed by atoms with Crippen molar-refractivity contribution >= 4 is 29.6 Å². The first-order chi connectivity index (χ1) is 19.1. The summed E-state index contributed by atoms with van der Waals surface area (Å²) >= 11 is 0. The van der Waals surface area contributed by atoms with Gasteiger partial charge in [-0.15, -0.1) is 0 Å². The molecule has 3 aromatic carbocycles. The number of benzodiazepines with no additional fused rings is 1. The van der Waals surface area contributed by atoms with Gasteiger partial charge in [0.05, 0.1) is 5.69 Å². The van der Waals surface area contributed by atoms with Crippen LogP contribution in [0.1, 0.15) is 11.1 Å². The molecule has 2 aliphatic rings. The molecule has 2 heterocycles. The van der Waals surface area contributed by atoms with Crippen molar-refractivity contribution in [3.63, 3.8) is 0 Å². The maximum atomic E-state index is 13.9. The molecular weight excluding hydrogens is 529 g/mol. The van der Waals surface area contributed by atoms with Crippen molar-refractivity contribution < 1.29 is 37.0 Å². The third-order valence-corrected chi connectivity index (χ3v) is 6.48. The SMILES string of the molecule is NC(=O)CN1C(=O)C(NC(=O)C(Cc2ccccc2)C(F)(F)F)N=Cc2ccc(-c3ccc4c(c3)OCO4)cc21. The minimum Gasteiger partial charge on any atom is -0.454 e. The Morgan fingerprint density at radius 1 is 1.02 bits per heavy atom. The standard InChI is InChI=1S/C28H23F3N4O5/c29-28(30,31)20(10-16-4-2-1-3-5-16)26(37)34-25-27(38)35(14-24(32)36)21-11-17(6-7-19(21)13-33-25)18-8-9-22-23(12-18)40-15-39-22/h1-9,11-13,20,25H,10,14-15H2,(H2,32,36)(H,34,37). The number of carbonyl (C=O) groups is 3. The van der Waals surface area contributed by atoms with E-state index in [1.807, 2.05) is 0 Å². The number of nitrogens with zero attached hydrogens (tertiary/aromatic N) is 2. The quantitative estimate of drug-likeness (QED) is 0.466. The third kappa shape index (κ3) is 5.60. The van der Waals surface area contributed by atoms with Crippen molar-refractivity contribution in [2.45, 2.75) is 18.8 Å². The Kier molecular flexibility index (Phi) is 7.16. The van der Waals surface area contributed by atoms with Crippen LogP contribution >= 0.6 is 0 Å². The van der Waals surface area contributed by atoms with E-state index in [9.17, 15) is 27.6 Å². The minimum absolute atomic E-state index is 0.0913. The highest BCUT2D eigenvalue weighted by molar-refractivity contribution is 6.09. The van der Waals surface area contributed by atoms with Gasteiger partial charge in [0.15, 0.2) is 11.5 Å². The summed E-state index contributed by atoms with van der Waals surface area (Å²) in [6, 6.07) is 18.0. The molecule has 40 heavy (non-hydrogen) atoms. The monoisotopic (exact) mass is 552 g/mol. The number of nitrogens with two attached hydrogens (primary N) is 1. The molecule has 206 valence electrons. The normalized spacial score (nSPS) is 16.7. The third-order valence-electron chi connectivity index (χ3n) is 6.48. The molecule has 0 spiro atoms. The number of fused-ring (bicyclic) bond motifs is 2. The number of amides is 3. The van der Waals surface area contributed by atoms with E-state index in [4.69, 9.17) is 15.2 Å². The first kappa shape index (κ1) is 26.7. The number of halogens is 3. The zero-order valence-corrected chi connectivity index (χ0v) is 20.9. The topological polar surface area (TPSA) is 123 Å². The molecule has 0 aromatic heterocycles. The lowest BCUT2D eigenvalue weighted by molar-refractivity contribution is -0.183. The summed E-state index contributed by atoms with van der Waals surface area (Å²) in [7, 11) is 0. The molecule has 0 fully saturated rings. The Bertz CT molecular complexity index is 1490. The van der Waals surface area contributed by atoms with Crippen molar-refractivity contribution in [1.29, 1.82) is 0 Å². The number of nitrogens with one attached hydrogen (secondary N) is 1. The summed E-state index contributed by atoms with van der Waals surface area (Å²) in [4.78, 5) is 43.3. The number of rotatable bonds is 7. The number of hydrogen-bond donors (Lipinski definition) is 2. The van der Waals surface area contributed by atoms with Crippen LogP contribution in [0.4, 0.5) is 18.9 Å². The van der Waals surface area contributed by atoms with Gasteiger partial charge in [-0.05, 0) is 41.3 Å². The Morgan fingerprint density at radius 2 is 1.73 bits per heavy atom. The molecule has 0 radical (unpaired) electrons. The fourth-order valence-electron chi connectivity index (χ4n) is 4.49. The van der Waals surface area contributed by atoms with Gasteiger partial charge in [-0.1, -0.05) is 48.5 Å². The Hall–Kier alpha value is -4.87. The fourth-order valence-corrected chi connectivity index (χ4v) is 4.49. The van der Waals surface area contributed by atoms with E-state index >= 15 is 0 Å². The molecule has 2 atom stereocenters. The lowest BCUT2D eigenvalue weighted by atomic mass is 9.97. The zero-order chi connectivity index (χ0) is 28.4. The van der Waals surface area contributed by atoms with E-state index in [1.54, 1.807) is 54.6 Å². The molecule has 12 heteroatoms. The maximum absolute atomic E-state index is 13.9. The summed E-state index contributed by atoms with van der Waals surface area (Å²) in [6.07, 6.45) is -5.95. The summed E-state index contributed by atoms with van der Waals surface area (Å²) in [6.45, 7) is -0.493. The fraction of sp³-hybridized carbons (Fsp3) is 0.214. The van der Waals surface area contributed by atoms with E-state index in [-0.39, 0.29) is 12.5 Å². The van der Waals surface area contributed by atoms with Gasteiger partial charge in [-0.2, -0.15) is 13.2 Å². The van der Waals surface area contributed by atoms with Gasteiger partial charge in [0, 0.05) is 11.8 Å². The molecular formula is C28H23F3N4O5. The number of carbonyl (C=O) groups excluding carboxylic acids is 3. The van der Waals surface area contributed by atoms with Crippen molar-refractivity contribution in [2.75, 3.05) is 18.2 Å². The van der Waals surface area contributed by atoms with Crippen LogP contribution in [-0.2, 0) is 20.8 Å². The predicted octanol–water partition coefficient (Wildman–Crippen LogP) is 3.20. The van der Waals surface area contributed by atoms with Crippen molar-refractivity contribution in [1.82, 2.24) is 5.32 Å². The van der Waals surface area contributed by atoms with Crippen LogP contribution in [0.15, 0.2) is 71.7 Å². The average molecular weight is 553 g/mol. The number of aliphatic imine (C=N–C) groups is 1. The second kappa shape index (κ2) is 10.7. The Balaban J connectivity index is 1.43. The van der Waals surface area contributed by atoms with Gasteiger partial charge < -0.3 is 20.5 Å². The molecule has 3 amide bonds. The Labute approximate surface area is 226 Å². The van der Waals surface area contributed by atoms with Gasteiger partial charge >= 0.3 is 6.18 Å². The lowest BCUT2D eigenvalue weighted by Gasteiger charge is -2.26. The van der Waals surface area contributed by atoms with E-state index in [1.165, 1.54) is 18.3 Å². The van der Waals surface area contributed by atoms with E-state index in [0.29, 0.717) is 28.2 Å². The Morgan fingerprint density at radius 3 is 2.45 bits per heavy atom. The van der Waals surface area contributed by atoms with Crippen molar-refractivity contribution in [2.24, 2.45) is 16.6 Å². The molecule has 0 saturated carbocycles. The highest BCUT2D eigenvalue weighted by Crippen LogP contribution is 2.37. The first-order valence-electron chi connectivity index (χ1n) is 12.2. The molecule has 0 saturated heterocycles. The van der Waals surface area contributed by atoms with E-state index in [0.717, 1.165) is 10.5 Å². The van der Waals surface area contributed by atoms with Crippen LogP contribution in [0.3, 0.4) is 0 Å². The summed E-state index contributed by atoms with van der Waals surface area (Å²) in [5.74, 6) is -4.50. The number of hydrogen-bond acceptors (Lipinski definition) is 6. The van der Waals surface area contributed by atoms with Gasteiger partial charge in [0.2, 0.25) is 24.8 Å². The molecule has 0 bridgehead atoms. The minimum atomic E-state index is -4.88. The van der Waals surface area contributed by atoms with Gasteiger partial charge in [0.1, 0.15) is 12.5 Å². The average Bonchev–Trinajstić information content (AvgIpc) is 3.36. The molecule has 9 nitrogen and oxygen atoms in total. The van der Waals surface area contributed by atoms with Crippen molar-refractivity contribution in [3.05, 3.63) is 77.9 Å². The molecule has 3 N–H and O–H groups in total. The number of alkyl halides is 3. The molecule has 2 unspecified atom stereocenters. The number of ether oxygens (including phenoxy) is 2. The molecule has 0 aliphatic carbocycles. The summed E-state index contributed by atoms with van der Waals surface area (Å²) < 4.78 is 52.4. The second-order valence-electron chi connectivity index (χ2n) is 9.21. The zero-order valence-electron chi connectivity index (χ0n) is 20.9. The van der Waals surface area contributed by atoms with E-state index < -0.39 is 48.9 Å². The van der Waals surface area contributed by atoms with Crippen LogP contribution in [0.5, 0.6) is 11.5 Å². The van der Waals surface area contributed by atoms with Crippen LogP contribution in [0.25, 0.3) is 11.1 Å². The highest BCUT2D eigenvalue weighted by atomic mass is 19.4. The van der Waals surface area contributed by atoms with Crippen LogP contribution in [-0.4, -0.2) is 49.6 Å². The van der Waals surface area contributed by atoms with Gasteiger partial charge in [-0.3, -0.25) is 24.3 Å². The van der Waals surface area contributed by atoms with Crippen LogP contribution in [0, 0.1) is 5.92 Å². The predicted molar refractivity (Wildman–Crippen MR) is 139 cm³/mol. The van der Waals surface area contributed by atoms with Gasteiger partial charge in [0.25, 0.3) is 5.91 Å². The smallest absolute Gasteiger partial charge is 0.400 e. The molecule has 3 aromatic rings. The highest BCUT2D eigenvalue weighted by Gasteiger charge is 2.46. The lowest BCUT2D eigenvalue weighted by Crippen LogP contribution is -2.52. The summed E-state index contributed by atoms with van der Waals surface area (Å²) in [5, 5.41) is 2.12. The molecule has 2 aliphatic heterocycles. The van der Waals surface area contributed by atoms with Crippen LogP contribution < -0.4 is 25.4 Å². The number of benzene rings is 3. The molecule has 5 rings (SSSR count). The summed E-state index contributed by atoms with van der Waals surface area (Å²) in [5.41, 5.74) is 7.71. The number of primary amides is 1. The largest absolute Gasteiger partial charge is 0.454 e. The van der Waals surface area contributed by atoms with E-state index in [2.05, 4.69) is 10.3 Å². The second-order valence-corrected chi connectivity index (χ2v) is 9.21. The number of anilines is 1. The van der Waals surface area contributed by atoms with Crippen molar-refractivity contribution in [3.8, 4) is 22.6 Å². The first-order valence-corrected chi connectivity index (χ1v) is 12.2.